The number of nitrogens with zero attached hydrogens (tertiary/aromatic N) is 2. The van der Waals surface area contributed by atoms with Crippen molar-refractivity contribution in [3.05, 3.63) is 101 Å². The number of benzene rings is 3. The number of aromatic amines is 1. The number of nitrogens with one attached hydrogen (secondary N) is 1. The fourth-order valence-corrected chi connectivity index (χ4v) is 4.49. The number of halogens is 4. The fourth-order valence-electron chi connectivity index (χ4n) is 4.23. The molecular weight excluding hydrogens is 496 g/mol. The number of para-hydroxylation sites is 1. The molecule has 6 aromatic rings. The molecule has 0 spiro atoms. The molecule has 3 nitrogen and oxygen atoms in total. The van der Waals surface area contributed by atoms with E-state index in [4.69, 9.17) is 0 Å². The molecule has 0 aliphatic heterocycles. The number of aromatic nitrogens is 3. The maximum atomic E-state index is 14.1. The van der Waals surface area contributed by atoms with Gasteiger partial charge in [0.15, 0.2) is 17.3 Å². The van der Waals surface area contributed by atoms with Crippen molar-refractivity contribution in [2.75, 3.05) is 0 Å². The SMILES string of the molecule is Fc1ccc(-n2c[n+]3ccc4c5ccccc5[nH]c4c3c2-c2ccc(Br)cc2)cc1F.[Cl-]. The molecule has 7 heteroatoms. The van der Waals surface area contributed by atoms with Gasteiger partial charge in [-0.05, 0) is 48.5 Å². The van der Waals surface area contributed by atoms with E-state index in [2.05, 4.69) is 39.1 Å². The van der Waals surface area contributed by atoms with Crippen molar-refractivity contribution in [3.63, 3.8) is 0 Å². The lowest BCUT2D eigenvalue weighted by Gasteiger charge is -2.04. The summed E-state index contributed by atoms with van der Waals surface area (Å²) in [6, 6.07) is 22.2. The second-order valence-electron chi connectivity index (χ2n) is 7.47. The van der Waals surface area contributed by atoms with Crippen molar-refractivity contribution < 1.29 is 25.6 Å². The second-order valence-corrected chi connectivity index (χ2v) is 8.39. The van der Waals surface area contributed by atoms with E-state index in [-0.39, 0.29) is 12.4 Å². The Morgan fingerprint density at radius 2 is 1.62 bits per heavy atom. The van der Waals surface area contributed by atoms with E-state index < -0.39 is 11.6 Å². The fraction of sp³-hybridized carbons (Fsp3) is 0. The summed E-state index contributed by atoms with van der Waals surface area (Å²) in [4.78, 5) is 3.55. The molecule has 32 heavy (non-hydrogen) atoms. The van der Waals surface area contributed by atoms with E-state index in [0.717, 1.165) is 49.1 Å². The molecule has 0 unspecified atom stereocenters. The molecule has 158 valence electrons. The first-order chi connectivity index (χ1) is 15.1. The summed E-state index contributed by atoms with van der Waals surface area (Å²) in [6.45, 7) is 0. The van der Waals surface area contributed by atoms with Crippen LogP contribution in [0, 0.1) is 11.6 Å². The van der Waals surface area contributed by atoms with Crippen molar-refractivity contribution in [1.29, 1.82) is 0 Å². The number of fused-ring (bicyclic) bond motifs is 5. The van der Waals surface area contributed by atoms with Crippen LogP contribution in [0.3, 0.4) is 0 Å². The quantitative estimate of drug-likeness (QED) is 0.345. The molecule has 0 saturated carbocycles. The normalized spacial score (nSPS) is 11.3. The summed E-state index contributed by atoms with van der Waals surface area (Å²) in [5.74, 6) is -1.74. The van der Waals surface area contributed by atoms with E-state index in [1.807, 2.05) is 57.9 Å². The number of pyridine rings is 1. The first kappa shape index (κ1) is 20.7. The molecule has 0 atom stereocenters. The monoisotopic (exact) mass is 509 g/mol. The van der Waals surface area contributed by atoms with Gasteiger partial charge in [-0.3, -0.25) is 0 Å². The highest BCUT2D eigenvalue weighted by Gasteiger charge is 2.25. The van der Waals surface area contributed by atoms with E-state index in [1.165, 1.54) is 6.07 Å². The minimum absolute atomic E-state index is 0. The Labute approximate surface area is 196 Å². The summed E-state index contributed by atoms with van der Waals surface area (Å²) in [5, 5.41) is 2.25. The van der Waals surface area contributed by atoms with Crippen LogP contribution in [0.1, 0.15) is 0 Å². The lowest BCUT2D eigenvalue weighted by molar-refractivity contribution is -0.510. The van der Waals surface area contributed by atoms with Crippen LogP contribution in [-0.2, 0) is 0 Å². The van der Waals surface area contributed by atoms with Crippen LogP contribution in [0.4, 0.5) is 8.78 Å². The number of imidazole rings is 1. The molecular formula is C25H15BrClF2N3. The minimum atomic E-state index is -0.877. The predicted molar refractivity (Wildman–Crippen MR) is 121 cm³/mol. The average molecular weight is 511 g/mol. The van der Waals surface area contributed by atoms with Gasteiger partial charge < -0.3 is 17.4 Å². The molecule has 0 amide bonds. The maximum Gasteiger partial charge on any atom is 0.254 e. The highest BCUT2D eigenvalue weighted by atomic mass is 79.9. The van der Waals surface area contributed by atoms with E-state index >= 15 is 0 Å². The molecule has 0 aliphatic carbocycles. The van der Waals surface area contributed by atoms with Gasteiger partial charge in [0.25, 0.3) is 6.33 Å². The first-order valence-corrected chi connectivity index (χ1v) is 10.6. The van der Waals surface area contributed by atoms with Crippen molar-refractivity contribution in [3.8, 4) is 16.9 Å². The van der Waals surface area contributed by atoms with Gasteiger partial charge >= 0.3 is 0 Å². The number of rotatable bonds is 2. The van der Waals surface area contributed by atoms with Crippen molar-refractivity contribution in [2.45, 2.75) is 0 Å². The predicted octanol–water partition coefficient (Wildman–Crippen LogP) is 3.56. The number of H-pyrrole nitrogens is 1. The Bertz CT molecular complexity index is 1620. The topological polar surface area (TPSA) is 24.8 Å². The van der Waals surface area contributed by atoms with Crippen LogP contribution in [0.5, 0.6) is 0 Å². The lowest BCUT2D eigenvalue weighted by atomic mass is 10.1. The van der Waals surface area contributed by atoms with Gasteiger partial charge in [0.05, 0.1) is 11.7 Å². The summed E-state index contributed by atoms with van der Waals surface area (Å²) in [5.41, 5.74) is 5.39. The van der Waals surface area contributed by atoms with E-state index in [0.29, 0.717) is 5.69 Å². The minimum Gasteiger partial charge on any atom is -1.00 e. The van der Waals surface area contributed by atoms with Crippen LogP contribution in [0.2, 0.25) is 0 Å². The number of hydrogen-bond acceptors (Lipinski definition) is 0. The van der Waals surface area contributed by atoms with Gasteiger partial charge in [-0.1, -0.05) is 34.1 Å². The summed E-state index contributed by atoms with van der Waals surface area (Å²) in [6.07, 6.45) is 3.89. The smallest absolute Gasteiger partial charge is 0.254 e. The maximum absolute atomic E-state index is 14.1. The molecule has 3 aromatic carbocycles. The second kappa shape index (κ2) is 7.73. The zero-order valence-electron chi connectivity index (χ0n) is 16.5. The van der Waals surface area contributed by atoms with Gasteiger partial charge in [0.2, 0.25) is 5.52 Å². The molecule has 3 heterocycles. The van der Waals surface area contributed by atoms with Gasteiger partial charge in [-0.25, -0.2) is 8.78 Å². The van der Waals surface area contributed by atoms with Gasteiger partial charge in [0, 0.05) is 32.4 Å². The molecule has 0 saturated heterocycles. The molecule has 1 N–H and O–H groups in total. The van der Waals surface area contributed by atoms with Gasteiger partial charge in [0.1, 0.15) is 5.69 Å². The van der Waals surface area contributed by atoms with Crippen molar-refractivity contribution >= 4 is 43.3 Å². The number of hydrogen-bond donors (Lipinski definition) is 1. The molecule has 0 bridgehead atoms. The summed E-state index contributed by atoms with van der Waals surface area (Å²) >= 11 is 3.49. The van der Waals surface area contributed by atoms with Crippen LogP contribution < -0.4 is 16.8 Å². The highest BCUT2D eigenvalue weighted by Crippen LogP contribution is 2.34. The van der Waals surface area contributed by atoms with Gasteiger partial charge in [-0.2, -0.15) is 8.97 Å². The van der Waals surface area contributed by atoms with Crippen LogP contribution in [0.15, 0.2) is 89.8 Å². The summed E-state index contributed by atoms with van der Waals surface area (Å²) in [7, 11) is 0. The molecule has 6 rings (SSSR count). The first-order valence-electron chi connectivity index (χ1n) is 9.77. The Kier molecular flexibility index (Phi) is 4.99. The van der Waals surface area contributed by atoms with Crippen LogP contribution in [0.25, 0.3) is 44.3 Å². The molecule has 0 aliphatic rings. The third-order valence-corrected chi connectivity index (χ3v) is 6.18. The molecule has 3 aromatic heterocycles. The lowest BCUT2D eigenvalue weighted by Crippen LogP contribution is -3.00. The zero-order valence-corrected chi connectivity index (χ0v) is 18.8. The standard InChI is InChI=1S/C25H15BrF2N3.ClH/c26-16-7-5-15(6-8-16)24-25-23-19(18-3-1-2-4-22(18)29-23)11-12-30(25)14-31(24)17-9-10-20(27)21(28)13-17;/h1-14,29H;1H/q+1;/p-1. The van der Waals surface area contributed by atoms with E-state index in [9.17, 15) is 8.78 Å². The Morgan fingerprint density at radius 3 is 2.41 bits per heavy atom. The average Bonchev–Trinajstić information content (AvgIpc) is 3.35. The largest absolute Gasteiger partial charge is 1.00 e. The summed E-state index contributed by atoms with van der Waals surface area (Å²) < 4.78 is 32.6. The van der Waals surface area contributed by atoms with Crippen LogP contribution >= 0.6 is 15.9 Å². The zero-order chi connectivity index (χ0) is 21.1. The van der Waals surface area contributed by atoms with Crippen molar-refractivity contribution in [1.82, 2.24) is 9.55 Å². The Balaban J connectivity index is 0.00000216. The Hall–Kier alpha value is -3.22. The van der Waals surface area contributed by atoms with E-state index in [1.54, 1.807) is 6.07 Å². The molecule has 0 radical (unpaired) electrons. The highest BCUT2D eigenvalue weighted by molar-refractivity contribution is 9.10. The Morgan fingerprint density at radius 1 is 0.844 bits per heavy atom. The van der Waals surface area contributed by atoms with Crippen LogP contribution in [-0.4, -0.2) is 9.55 Å². The van der Waals surface area contributed by atoms with Crippen molar-refractivity contribution in [2.24, 2.45) is 0 Å². The third kappa shape index (κ3) is 3.10. The molecule has 0 fully saturated rings. The third-order valence-electron chi connectivity index (χ3n) is 5.65. The van der Waals surface area contributed by atoms with Gasteiger partial charge in [-0.15, -0.1) is 0 Å².